The van der Waals surface area contributed by atoms with Gasteiger partial charge in [-0.25, -0.2) is 0 Å². The number of alkyl halides is 3. The molecule has 7 heteroatoms. The molecule has 1 aliphatic heterocycles. The minimum absolute atomic E-state index is 0.150. The second kappa shape index (κ2) is 6.28. The monoisotopic (exact) mass is 300 g/mol. The number of hydrogen-bond acceptors (Lipinski definition) is 3. The number of aliphatic hydroxyl groups excluding tert-OH is 1. The van der Waals surface area contributed by atoms with E-state index in [2.05, 4.69) is 10.6 Å². The first-order valence-corrected chi connectivity index (χ1v) is 6.41. The predicted octanol–water partition coefficient (Wildman–Crippen LogP) is 1.38. The smallest absolute Gasteiger partial charge is 0.394 e. The zero-order valence-corrected chi connectivity index (χ0v) is 11.0. The fourth-order valence-electron chi connectivity index (χ4n) is 2.19. The Morgan fingerprint density at radius 1 is 1.43 bits per heavy atom. The van der Waals surface area contributed by atoms with Crippen LogP contribution < -0.4 is 10.6 Å². The molecule has 0 saturated heterocycles. The summed E-state index contributed by atoms with van der Waals surface area (Å²) in [6, 6.07) is 3.19. The molecule has 1 aromatic rings. The van der Waals surface area contributed by atoms with E-state index < -0.39 is 36.3 Å². The molecule has 0 bridgehead atoms. The van der Waals surface area contributed by atoms with Crippen molar-refractivity contribution in [3.8, 4) is 0 Å². The number of hydrogen-bond donors (Lipinski definition) is 3. The lowest BCUT2D eigenvalue weighted by Gasteiger charge is -2.22. The predicted molar refractivity (Wildman–Crippen MR) is 70.3 cm³/mol. The van der Waals surface area contributed by atoms with Crippen LogP contribution in [-0.4, -0.2) is 30.2 Å². The molecule has 2 rings (SSSR count). The van der Waals surface area contributed by atoms with Gasteiger partial charge in [0.05, 0.1) is 18.2 Å². The van der Waals surface area contributed by atoms with Crippen molar-refractivity contribution in [1.29, 1.82) is 0 Å². The highest BCUT2D eigenvalue weighted by atomic mass is 19.4. The van der Waals surface area contributed by atoms with E-state index >= 15 is 0 Å². The third-order valence-electron chi connectivity index (χ3n) is 3.21. The molecular weight excluding hydrogens is 285 g/mol. The normalized spacial score (nSPS) is 19.5. The van der Waals surface area contributed by atoms with Crippen LogP contribution in [0.1, 0.15) is 17.2 Å². The maximum atomic E-state index is 13.0. The summed E-state index contributed by atoms with van der Waals surface area (Å²) in [6.07, 6.45) is -1.17. The fraction of sp³-hybridized carbons (Fsp3) is 0.357. The molecule has 0 saturated carbocycles. The van der Waals surface area contributed by atoms with Crippen molar-refractivity contribution in [2.45, 2.75) is 18.3 Å². The Bertz CT molecular complexity index is 543. The minimum atomic E-state index is -4.54. The Morgan fingerprint density at radius 2 is 2.14 bits per heavy atom. The lowest BCUT2D eigenvalue weighted by molar-refractivity contribution is -0.139. The standard InChI is InChI=1S/C14H15F3N2O2/c15-14(16,17)10-5-2-1-4-9(10)12(8-20)19-13(21)11-6-3-7-18-11/h1-6,11-12,18,20H,7-8H2,(H,19,21)/t11-,12?/m0/s1. The quantitative estimate of drug-likeness (QED) is 0.736. The maximum Gasteiger partial charge on any atom is 0.416 e. The average Bonchev–Trinajstić information content (AvgIpc) is 2.98. The van der Waals surface area contributed by atoms with E-state index in [1.807, 2.05) is 0 Å². The third-order valence-corrected chi connectivity index (χ3v) is 3.21. The molecule has 1 aliphatic rings. The Balaban J connectivity index is 2.21. The Morgan fingerprint density at radius 3 is 2.71 bits per heavy atom. The van der Waals surface area contributed by atoms with E-state index in [9.17, 15) is 23.1 Å². The highest BCUT2D eigenvalue weighted by Crippen LogP contribution is 2.34. The number of benzene rings is 1. The molecule has 21 heavy (non-hydrogen) atoms. The SMILES string of the molecule is O=C(NC(CO)c1ccccc1C(F)(F)F)[C@@H]1C=CCN1. The van der Waals surface area contributed by atoms with Gasteiger partial charge >= 0.3 is 6.18 Å². The summed E-state index contributed by atoms with van der Waals surface area (Å²) < 4.78 is 38.9. The molecule has 1 amide bonds. The van der Waals surface area contributed by atoms with Crippen molar-refractivity contribution >= 4 is 5.91 Å². The number of carbonyl (C=O) groups excluding carboxylic acids is 1. The van der Waals surface area contributed by atoms with E-state index in [4.69, 9.17) is 0 Å². The van der Waals surface area contributed by atoms with Crippen LogP contribution >= 0.6 is 0 Å². The number of carbonyl (C=O) groups is 1. The highest BCUT2D eigenvalue weighted by Gasteiger charge is 2.35. The molecule has 0 fully saturated rings. The summed E-state index contributed by atoms with van der Waals surface area (Å²) in [6.45, 7) is -0.0870. The van der Waals surface area contributed by atoms with Gasteiger partial charge in [-0.2, -0.15) is 13.2 Å². The average molecular weight is 300 g/mol. The first-order valence-electron chi connectivity index (χ1n) is 6.41. The second-order valence-electron chi connectivity index (χ2n) is 4.64. The van der Waals surface area contributed by atoms with Crippen molar-refractivity contribution < 1.29 is 23.1 Å². The number of amides is 1. The van der Waals surface area contributed by atoms with Crippen molar-refractivity contribution in [2.24, 2.45) is 0 Å². The van der Waals surface area contributed by atoms with Crippen LogP contribution in [0.2, 0.25) is 0 Å². The highest BCUT2D eigenvalue weighted by molar-refractivity contribution is 5.84. The van der Waals surface area contributed by atoms with Gasteiger partial charge in [-0.15, -0.1) is 0 Å². The first-order chi connectivity index (χ1) is 9.93. The summed E-state index contributed by atoms with van der Waals surface area (Å²) >= 11 is 0. The number of aliphatic hydroxyl groups is 1. The van der Waals surface area contributed by atoms with Gasteiger partial charge in [0.2, 0.25) is 5.91 Å². The Labute approximate surface area is 119 Å². The van der Waals surface area contributed by atoms with Gasteiger partial charge in [-0.1, -0.05) is 30.4 Å². The van der Waals surface area contributed by atoms with Crippen LogP contribution in [0, 0.1) is 0 Å². The summed E-state index contributed by atoms with van der Waals surface area (Å²) in [5.74, 6) is -0.472. The lowest BCUT2D eigenvalue weighted by Crippen LogP contribution is -2.43. The number of halogens is 3. The van der Waals surface area contributed by atoms with Crippen LogP contribution in [0.15, 0.2) is 36.4 Å². The minimum Gasteiger partial charge on any atom is -0.394 e. The van der Waals surface area contributed by atoms with Gasteiger partial charge in [0, 0.05) is 6.54 Å². The van der Waals surface area contributed by atoms with Gasteiger partial charge in [0.15, 0.2) is 0 Å². The molecule has 3 N–H and O–H groups in total. The molecule has 4 nitrogen and oxygen atoms in total. The van der Waals surface area contributed by atoms with Crippen molar-refractivity contribution in [3.05, 3.63) is 47.5 Å². The Hall–Kier alpha value is -1.86. The fourth-order valence-corrected chi connectivity index (χ4v) is 2.19. The number of rotatable bonds is 4. The summed E-state index contributed by atoms with van der Waals surface area (Å²) in [7, 11) is 0. The zero-order chi connectivity index (χ0) is 15.5. The molecular formula is C14H15F3N2O2. The van der Waals surface area contributed by atoms with Crippen LogP contribution in [0.5, 0.6) is 0 Å². The molecule has 0 aromatic heterocycles. The molecule has 0 spiro atoms. The third kappa shape index (κ3) is 3.62. The molecule has 114 valence electrons. The molecule has 1 unspecified atom stereocenters. The van der Waals surface area contributed by atoms with Crippen LogP contribution in [-0.2, 0) is 11.0 Å². The Kier molecular flexibility index (Phi) is 4.64. The van der Waals surface area contributed by atoms with E-state index in [0.717, 1.165) is 6.07 Å². The lowest BCUT2D eigenvalue weighted by atomic mass is 10.00. The summed E-state index contributed by atoms with van der Waals surface area (Å²) in [4.78, 5) is 11.9. The van der Waals surface area contributed by atoms with Crippen molar-refractivity contribution in [1.82, 2.24) is 10.6 Å². The van der Waals surface area contributed by atoms with Gasteiger partial charge in [-0.3, -0.25) is 10.1 Å². The van der Waals surface area contributed by atoms with E-state index in [1.54, 1.807) is 12.2 Å². The van der Waals surface area contributed by atoms with Gasteiger partial charge < -0.3 is 10.4 Å². The largest absolute Gasteiger partial charge is 0.416 e. The zero-order valence-electron chi connectivity index (χ0n) is 11.0. The maximum absolute atomic E-state index is 13.0. The molecule has 1 aromatic carbocycles. The molecule has 1 heterocycles. The second-order valence-corrected chi connectivity index (χ2v) is 4.64. The molecule has 0 radical (unpaired) electrons. The van der Waals surface area contributed by atoms with Crippen LogP contribution in [0.4, 0.5) is 13.2 Å². The van der Waals surface area contributed by atoms with E-state index in [1.165, 1.54) is 18.2 Å². The van der Waals surface area contributed by atoms with Gasteiger partial charge in [0.1, 0.15) is 6.04 Å². The first kappa shape index (κ1) is 15.5. The van der Waals surface area contributed by atoms with Crippen LogP contribution in [0.25, 0.3) is 0 Å². The summed E-state index contributed by atoms with van der Waals surface area (Å²) in [5.41, 5.74) is -1.01. The number of nitrogens with one attached hydrogen (secondary N) is 2. The van der Waals surface area contributed by atoms with Crippen molar-refractivity contribution in [2.75, 3.05) is 13.2 Å². The van der Waals surface area contributed by atoms with Crippen LogP contribution in [0.3, 0.4) is 0 Å². The topological polar surface area (TPSA) is 61.4 Å². The van der Waals surface area contributed by atoms with Crippen molar-refractivity contribution in [3.63, 3.8) is 0 Å². The molecule has 0 aliphatic carbocycles. The van der Waals surface area contributed by atoms with Gasteiger partial charge in [-0.05, 0) is 11.6 Å². The summed E-state index contributed by atoms with van der Waals surface area (Å²) in [5, 5.41) is 14.6. The molecule has 2 atom stereocenters. The van der Waals surface area contributed by atoms with E-state index in [-0.39, 0.29) is 5.56 Å². The van der Waals surface area contributed by atoms with Gasteiger partial charge in [0.25, 0.3) is 0 Å². The van der Waals surface area contributed by atoms with E-state index in [0.29, 0.717) is 6.54 Å².